The summed E-state index contributed by atoms with van der Waals surface area (Å²) >= 11 is 11.7. The number of hydrogen-bond donors (Lipinski definition) is 1. The molecule has 0 fully saturated rings. The monoisotopic (exact) mass is 328 g/mol. The summed E-state index contributed by atoms with van der Waals surface area (Å²) in [6.07, 6.45) is 4.85. The van der Waals surface area contributed by atoms with Gasteiger partial charge in [-0.2, -0.15) is 0 Å². The van der Waals surface area contributed by atoms with Crippen LogP contribution in [0.2, 0.25) is 10.0 Å². The second-order valence-corrected chi connectivity index (χ2v) is 5.19. The van der Waals surface area contributed by atoms with Gasteiger partial charge in [-0.05, 0) is 31.0 Å². The molecule has 1 aromatic carbocycles. The predicted molar refractivity (Wildman–Crippen MR) is 79.8 cm³/mol. The lowest BCUT2D eigenvalue weighted by atomic mass is 10.2. The maximum Gasteiger partial charge on any atom is 0.257 e. The Morgan fingerprint density at radius 2 is 2.24 bits per heavy atom. The van der Waals surface area contributed by atoms with E-state index in [0.717, 1.165) is 18.4 Å². The Kier molecular flexibility index (Phi) is 5.90. The van der Waals surface area contributed by atoms with Crippen molar-refractivity contribution in [1.82, 2.24) is 10.5 Å². The van der Waals surface area contributed by atoms with E-state index in [1.165, 1.54) is 0 Å². The molecular weight excluding hydrogens is 315 g/mol. The molecule has 0 aliphatic carbocycles. The summed E-state index contributed by atoms with van der Waals surface area (Å²) in [5, 5.41) is 7.27. The zero-order valence-electron chi connectivity index (χ0n) is 11.1. The van der Waals surface area contributed by atoms with Gasteiger partial charge < -0.3 is 14.6 Å². The van der Waals surface area contributed by atoms with Gasteiger partial charge in [-0.1, -0.05) is 28.4 Å². The molecule has 1 heterocycles. The van der Waals surface area contributed by atoms with E-state index in [9.17, 15) is 4.79 Å². The Balaban J connectivity index is 1.65. The molecule has 1 amide bonds. The second-order valence-electron chi connectivity index (χ2n) is 4.35. The maximum absolute atomic E-state index is 11.6. The minimum absolute atomic E-state index is 0.0887. The number of aryl methyl sites for hydroxylation is 1. The minimum atomic E-state index is -0.202. The van der Waals surface area contributed by atoms with Gasteiger partial charge in [0.1, 0.15) is 12.0 Å². The molecule has 5 nitrogen and oxygen atoms in total. The van der Waals surface area contributed by atoms with E-state index in [4.69, 9.17) is 32.5 Å². The number of carbonyl (C=O) groups excluding carboxylic acids is 1. The number of halogens is 2. The van der Waals surface area contributed by atoms with Crippen LogP contribution in [0.4, 0.5) is 0 Å². The number of nitrogens with one attached hydrogen (secondary N) is 1. The molecule has 0 spiro atoms. The Hall–Kier alpha value is -1.72. The lowest BCUT2D eigenvalue weighted by Gasteiger charge is -2.08. The van der Waals surface area contributed by atoms with Crippen LogP contribution in [0.5, 0.6) is 5.75 Å². The molecule has 2 aromatic rings. The van der Waals surface area contributed by atoms with Crippen molar-refractivity contribution in [2.45, 2.75) is 12.8 Å². The summed E-state index contributed by atoms with van der Waals surface area (Å²) in [6, 6.07) is 4.85. The molecule has 0 bridgehead atoms. The van der Waals surface area contributed by atoms with Gasteiger partial charge in [0.2, 0.25) is 0 Å². The average Bonchev–Trinajstić information content (AvgIpc) is 2.96. The second kappa shape index (κ2) is 7.90. The standard InChI is InChI=1S/C14H14Cl2N2O3/c15-11-3-4-13(12(16)6-11)20-9-14(19)17-5-1-2-10-7-18-21-8-10/h3-4,6-8H,1-2,5,9H2,(H,17,19). The molecule has 0 aliphatic heterocycles. The van der Waals surface area contributed by atoms with Gasteiger partial charge in [0.05, 0.1) is 11.2 Å². The first-order chi connectivity index (χ1) is 10.1. The number of aromatic nitrogens is 1. The molecule has 7 heteroatoms. The van der Waals surface area contributed by atoms with E-state index in [0.29, 0.717) is 22.3 Å². The highest BCUT2D eigenvalue weighted by atomic mass is 35.5. The first-order valence-corrected chi connectivity index (χ1v) is 7.13. The van der Waals surface area contributed by atoms with Crippen LogP contribution in [0.1, 0.15) is 12.0 Å². The van der Waals surface area contributed by atoms with E-state index in [1.54, 1.807) is 30.7 Å². The SMILES string of the molecule is O=C(COc1ccc(Cl)cc1Cl)NCCCc1cnoc1. The van der Waals surface area contributed by atoms with Crippen molar-refractivity contribution < 1.29 is 14.1 Å². The zero-order valence-corrected chi connectivity index (χ0v) is 12.7. The fourth-order valence-electron chi connectivity index (χ4n) is 1.66. The van der Waals surface area contributed by atoms with Crippen molar-refractivity contribution in [3.8, 4) is 5.75 Å². The molecule has 0 radical (unpaired) electrons. The van der Waals surface area contributed by atoms with Crippen LogP contribution < -0.4 is 10.1 Å². The molecule has 1 aromatic heterocycles. The van der Waals surface area contributed by atoms with E-state index in [1.807, 2.05) is 0 Å². The highest BCUT2D eigenvalue weighted by molar-refractivity contribution is 6.35. The van der Waals surface area contributed by atoms with E-state index >= 15 is 0 Å². The Bertz CT molecular complexity index is 588. The van der Waals surface area contributed by atoms with Gasteiger partial charge in [0, 0.05) is 17.1 Å². The molecule has 0 saturated carbocycles. The summed E-state index contributed by atoms with van der Waals surface area (Å²) in [6.45, 7) is 0.469. The first-order valence-electron chi connectivity index (χ1n) is 6.38. The summed E-state index contributed by atoms with van der Waals surface area (Å²) in [5.74, 6) is 0.229. The number of nitrogens with zero attached hydrogens (tertiary/aromatic N) is 1. The number of carbonyl (C=O) groups is 1. The summed E-state index contributed by atoms with van der Waals surface area (Å²) < 4.78 is 10.0. The predicted octanol–water partition coefficient (Wildman–Crippen LogP) is 3.11. The van der Waals surface area contributed by atoms with Crippen LogP contribution >= 0.6 is 23.2 Å². The molecular formula is C14H14Cl2N2O3. The van der Waals surface area contributed by atoms with Crippen molar-refractivity contribution in [3.63, 3.8) is 0 Å². The van der Waals surface area contributed by atoms with Crippen molar-refractivity contribution in [2.75, 3.05) is 13.2 Å². The lowest BCUT2D eigenvalue weighted by molar-refractivity contribution is -0.123. The third kappa shape index (κ3) is 5.28. The molecule has 2 rings (SSSR count). The zero-order chi connectivity index (χ0) is 15.1. The molecule has 0 atom stereocenters. The van der Waals surface area contributed by atoms with Crippen LogP contribution in [0.25, 0.3) is 0 Å². The van der Waals surface area contributed by atoms with Crippen LogP contribution in [0.15, 0.2) is 35.2 Å². The fourth-order valence-corrected chi connectivity index (χ4v) is 2.12. The van der Waals surface area contributed by atoms with Crippen LogP contribution in [0.3, 0.4) is 0 Å². The minimum Gasteiger partial charge on any atom is -0.482 e. The Morgan fingerprint density at radius 1 is 1.38 bits per heavy atom. The topological polar surface area (TPSA) is 64.4 Å². The van der Waals surface area contributed by atoms with Gasteiger partial charge in [-0.15, -0.1) is 0 Å². The van der Waals surface area contributed by atoms with Gasteiger partial charge in [0.15, 0.2) is 6.61 Å². The molecule has 0 unspecified atom stereocenters. The van der Waals surface area contributed by atoms with Gasteiger partial charge in [0.25, 0.3) is 5.91 Å². The number of rotatable bonds is 7. The third-order valence-electron chi connectivity index (χ3n) is 2.70. The smallest absolute Gasteiger partial charge is 0.257 e. The normalized spacial score (nSPS) is 10.4. The maximum atomic E-state index is 11.6. The summed E-state index contributed by atoms with van der Waals surface area (Å²) in [4.78, 5) is 11.6. The fraction of sp³-hybridized carbons (Fsp3) is 0.286. The van der Waals surface area contributed by atoms with Crippen molar-refractivity contribution >= 4 is 29.1 Å². The van der Waals surface area contributed by atoms with Gasteiger partial charge >= 0.3 is 0 Å². The quantitative estimate of drug-likeness (QED) is 0.793. The highest BCUT2D eigenvalue weighted by Gasteiger charge is 2.06. The number of amides is 1. The van der Waals surface area contributed by atoms with Crippen LogP contribution in [0, 0.1) is 0 Å². The number of hydrogen-bond acceptors (Lipinski definition) is 4. The number of ether oxygens (including phenoxy) is 1. The van der Waals surface area contributed by atoms with Crippen LogP contribution in [-0.4, -0.2) is 24.2 Å². The van der Waals surface area contributed by atoms with Crippen LogP contribution in [-0.2, 0) is 11.2 Å². The first kappa shape index (κ1) is 15.7. The average molecular weight is 329 g/mol. The summed E-state index contributed by atoms with van der Waals surface area (Å²) in [5.41, 5.74) is 1.01. The molecule has 112 valence electrons. The molecule has 0 aliphatic rings. The number of benzene rings is 1. The van der Waals surface area contributed by atoms with Gasteiger partial charge in [-0.3, -0.25) is 4.79 Å². The van der Waals surface area contributed by atoms with E-state index < -0.39 is 0 Å². The van der Waals surface area contributed by atoms with Crippen molar-refractivity contribution in [2.24, 2.45) is 0 Å². The Labute approximate surface area is 132 Å². The van der Waals surface area contributed by atoms with Gasteiger partial charge in [-0.25, -0.2) is 0 Å². The Morgan fingerprint density at radius 3 is 2.95 bits per heavy atom. The van der Waals surface area contributed by atoms with E-state index in [2.05, 4.69) is 10.5 Å². The largest absolute Gasteiger partial charge is 0.482 e. The third-order valence-corrected chi connectivity index (χ3v) is 3.23. The lowest BCUT2D eigenvalue weighted by Crippen LogP contribution is -2.29. The molecule has 1 N–H and O–H groups in total. The highest BCUT2D eigenvalue weighted by Crippen LogP contribution is 2.27. The molecule has 0 saturated heterocycles. The molecule has 21 heavy (non-hydrogen) atoms. The van der Waals surface area contributed by atoms with E-state index in [-0.39, 0.29) is 12.5 Å². The van der Waals surface area contributed by atoms with Crippen molar-refractivity contribution in [1.29, 1.82) is 0 Å². The van der Waals surface area contributed by atoms with Crippen molar-refractivity contribution in [3.05, 3.63) is 46.3 Å². The summed E-state index contributed by atoms with van der Waals surface area (Å²) in [7, 11) is 0.